The third kappa shape index (κ3) is 4.43. The highest BCUT2D eigenvalue weighted by Crippen LogP contribution is 2.35. The number of carbonyl (C=O) groups is 3. The van der Waals surface area contributed by atoms with Crippen LogP contribution in [0.2, 0.25) is 0 Å². The van der Waals surface area contributed by atoms with Gasteiger partial charge in [0.1, 0.15) is 6.04 Å². The Bertz CT molecular complexity index is 1260. The van der Waals surface area contributed by atoms with Gasteiger partial charge < -0.3 is 24.3 Å². The lowest BCUT2D eigenvalue weighted by Crippen LogP contribution is -2.49. The summed E-state index contributed by atoms with van der Waals surface area (Å²) in [5.74, 6) is 1.09. The molecule has 0 aliphatic carbocycles. The van der Waals surface area contributed by atoms with Gasteiger partial charge in [0.15, 0.2) is 11.5 Å². The van der Waals surface area contributed by atoms with E-state index in [1.807, 2.05) is 15.5 Å². The minimum atomic E-state index is -0.731. The third-order valence-corrected chi connectivity index (χ3v) is 7.37. The van der Waals surface area contributed by atoms with Gasteiger partial charge in [0, 0.05) is 43.7 Å². The number of nitrogens with zero attached hydrogens (tertiary/aromatic N) is 3. The summed E-state index contributed by atoms with van der Waals surface area (Å²) in [7, 11) is 3.06. The minimum Gasteiger partial charge on any atom is -0.493 e. The normalized spacial score (nSPS) is 22.8. The van der Waals surface area contributed by atoms with Gasteiger partial charge in [0.05, 0.1) is 20.8 Å². The van der Waals surface area contributed by atoms with E-state index in [1.165, 1.54) is 14.2 Å². The zero-order valence-corrected chi connectivity index (χ0v) is 20.4. The number of ether oxygens (including phenoxy) is 2. The molecule has 2 fully saturated rings. The number of pyridine rings is 1. The van der Waals surface area contributed by atoms with Crippen molar-refractivity contribution in [2.75, 3.05) is 27.3 Å². The Labute approximate surface area is 208 Å². The average molecular weight is 495 g/mol. The summed E-state index contributed by atoms with van der Waals surface area (Å²) in [4.78, 5) is 53.7. The molecule has 2 saturated heterocycles. The number of likely N-dealkylation sites (tertiary alicyclic amines) is 1. The molecule has 10 heteroatoms. The maximum Gasteiger partial charge on any atom is 0.325 e. The van der Waals surface area contributed by atoms with Crippen LogP contribution in [-0.4, -0.2) is 65.6 Å². The van der Waals surface area contributed by atoms with Crippen molar-refractivity contribution in [2.45, 2.75) is 44.3 Å². The second-order valence-corrected chi connectivity index (χ2v) is 9.65. The molecule has 2 aromatic rings. The predicted molar refractivity (Wildman–Crippen MR) is 130 cm³/mol. The van der Waals surface area contributed by atoms with Crippen LogP contribution in [0.25, 0.3) is 0 Å². The molecule has 1 aromatic heterocycles. The van der Waals surface area contributed by atoms with Gasteiger partial charge >= 0.3 is 6.03 Å². The van der Waals surface area contributed by atoms with Gasteiger partial charge in [-0.1, -0.05) is 12.1 Å². The highest BCUT2D eigenvalue weighted by atomic mass is 16.5. The Morgan fingerprint density at radius 3 is 2.61 bits per heavy atom. The van der Waals surface area contributed by atoms with Crippen molar-refractivity contribution in [3.8, 4) is 11.5 Å². The molecular formula is C26H30N4O6. The van der Waals surface area contributed by atoms with Crippen molar-refractivity contribution in [1.82, 2.24) is 19.7 Å². The molecule has 0 saturated carbocycles. The zero-order chi connectivity index (χ0) is 25.4. The smallest absolute Gasteiger partial charge is 0.325 e. The summed E-state index contributed by atoms with van der Waals surface area (Å²) in [6.45, 7) is 1.89. The van der Waals surface area contributed by atoms with E-state index >= 15 is 0 Å². The Hall–Kier alpha value is -3.82. The predicted octanol–water partition coefficient (Wildman–Crippen LogP) is 1.71. The van der Waals surface area contributed by atoms with Crippen LogP contribution in [-0.2, 0) is 22.7 Å². The van der Waals surface area contributed by atoms with Crippen LogP contribution in [0.1, 0.15) is 36.4 Å². The molecule has 0 radical (unpaired) electrons. The van der Waals surface area contributed by atoms with Crippen LogP contribution in [0.3, 0.4) is 0 Å². The van der Waals surface area contributed by atoms with Gasteiger partial charge in [-0.15, -0.1) is 0 Å². The van der Waals surface area contributed by atoms with Crippen LogP contribution < -0.4 is 20.3 Å². The molecule has 190 valence electrons. The lowest BCUT2D eigenvalue weighted by atomic mass is 9.83. The number of fused-ring (bicyclic) bond motifs is 4. The summed E-state index contributed by atoms with van der Waals surface area (Å²) < 4.78 is 12.4. The number of piperidine rings is 1. The van der Waals surface area contributed by atoms with E-state index in [9.17, 15) is 19.2 Å². The van der Waals surface area contributed by atoms with Crippen LogP contribution in [0.15, 0.2) is 41.2 Å². The molecule has 36 heavy (non-hydrogen) atoms. The van der Waals surface area contributed by atoms with Crippen LogP contribution >= 0.6 is 0 Å². The first-order valence-electron chi connectivity index (χ1n) is 12.2. The van der Waals surface area contributed by atoms with Gasteiger partial charge in [-0.25, -0.2) is 4.79 Å². The van der Waals surface area contributed by atoms with Crippen molar-refractivity contribution in [2.24, 2.45) is 5.92 Å². The molecular weight excluding hydrogens is 464 g/mol. The molecule has 1 N–H and O–H groups in total. The molecule has 4 heterocycles. The standard InChI is InChI=1S/C26H30N4O6/c1-35-21-8-6-16(11-22(21)36-2)13-30-25(33)19(27-26(30)34)7-9-23(31)28-12-17-10-18(15-28)20-4-3-5-24(32)29(20)14-17/h3-6,8,11,17-19H,7,9-10,12-15H2,1-2H3,(H,27,34)/t17?,18?,19-/m0/s1. The molecule has 1 aromatic carbocycles. The Kier molecular flexibility index (Phi) is 6.42. The highest BCUT2D eigenvalue weighted by Gasteiger charge is 2.40. The average Bonchev–Trinajstić information content (AvgIpc) is 3.15. The minimum absolute atomic E-state index is 0.00935. The van der Waals surface area contributed by atoms with E-state index in [0.717, 1.165) is 22.6 Å². The van der Waals surface area contributed by atoms with Crippen molar-refractivity contribution in [3.05, 3.63) is 58.0 Å². The Balaban J connectivity index is 1.19. The fourth-order valence-corrected chi connectivity index (χ4v) is 5.61. The summed E-state index contributed by atoms with van der Waals surface area (Å²) in [6.07, 6.45) is 1.38. The van der Waals surface area contributed by atoms with Crippen LogP contribution in [0, 0.1) is 5.92 Å². The molecule has 5 rings (SSSR count). The van der Waals surface area contributed by atoms with Gasteiger partial charge in [-0.2, -0.15) is 0 Å². The van der Waals surface area contributed by atoms with Gasteiger partial charge in [0.2, 0.25) is 5.91 Å². The van der Waals surface area contributed by atoms with Crippen molar-refractivity contribution in [3.63, 3.8) is 0 Å². The number of hydrogen-bond acceptors (Lipinski definition) is 6. The molecule has 2 bridgehead atoms. The summed E-state index contributed by atoms with van der Waals surface area (Å²) in [5.41, 5.74) is 1.72. The maximum atomic E-state index is 13.1. The van der Waals surface area contributed by atoms with E-state index in [0.29, 0.717) is 31.1 Å². The Morgan fingerprint density at radius 2 is 1.83 bits per heavy atom. The van der Waals surface area contributed by atoms with E-state index in [2.05, 4.69) is 5.32 Å². The van der Waals surface area contributed by atoms with E-state index in [-0.39, 0.29) is 48.6 Å². The highest BCUT2D eigenvalue weighted by molar-refractivity contribution is 6.04. The summed E-state index contributed by atoms with van der Waals surface area (Å²) >= 11 is 0. The quantitative estimate of drug-likeness (QED) is 0.587. The van der Waals surface area contributed by atoms with Crippen molar-refractivity contribution < 1.29 is 23.9 Å². The first-order chi connectivity index (χ1) is 17.4. The number of imide groups is 1. The largest absolute Gasteiger partial charge is 0.493 e. The third-order valence-electron chi connectivity index (χ3n) is 7.37. The number of amides is 4. The number of aromatic nitrogens is 1. The molecule has 0 spiro atoms. The fourth-order valence-electron chi connectivity index (χ4n) is 5.61. The molecule has 3 aliphatic heterocycles. The van der Waals surface area contributed by atoms with E-state index in [4.69, 9.17) is 9.47 Å². The fraction of sp³-hybridized carbons (Fsp3) is 0.462. The number of benzene rings is 1. The maximum absolute atomic E-state index is 13.1. The second kappa shape index (κ2) is 9.67. The monoisotopic (exact) mass is 494 g/mol. The summed E-state index contributed by atoms with van der Waals surface area (Å²) in [6, 6.07) is 9.36. The zero-order valence-electron chi connectivity index (χ0n) is 20.4. The van der Waals surface area contributed by atoms with Gasteiger partial charge in [-0.05, 0) is 42.5 Å². The molecule has 10 nitrogen and oxygen atoms in total. The second-order valence-electron chi connectivity index (χ2n) is 9.65. The lowest BCUT2D eigenvalue weighted by Gasteiger charge is -2.42. The number of urea groups is 1. The van der Waals surface area contributed by atoms with Crippen molar-refractivity contribution >= 4 is 17.8 Å². The molecule has 2 unspecified atom stereocenters. The first-order valence-corrected chi connectivity index (χ1v) is 12.2. The van der Waals surface area contributed by atoms with E-state index < -0.39 is 12.1 Å². The number of methoxy groups -OCH3 is 2. The van der Waals surface area contributed by atoms with Gasteiger partial charge in [-0.3, -0.25) is 19.3 Å². The summed E-state index contributed by atoms with van der Waals surface area (Å²) in [5, 5.41) is 2.72. The molecule has 3 atom stereocenters. The van der Waals surface area contributed by atoms with Crippen molar-refractivity contribution in [1.29, 1.82) is 0 Å². The molecule has 3 aliphatic rings. The Morgan fingerprint density at radius 1 is 1.03 bits per heavy atom. The number of nitrogens with one attached hydrogen (secondary N) is 1. The first kappa shape index (κ1) is 23.9. The number of hydrogen-bond donors (Lipinski definition) is 1. The van der Waals surface area contributed by atoms with Gasteiger partial charge in [0.25, 0.3) is 11.5 Å². The number of rotatable bonds is 7. The van der Waals surface area contributed by atoms with E-state index in [1.54, 1.807) is 30.3 Å². The topological polar surface area (TPSA) is 110 Å². The van der Waals surface area contributed by atoms with Crippen LogP contribution in [0.4, 0.5) is 4.79 Å². The number of carbonyl (C=O) groups excluding carboxylic acids is 3. The van der Waals surface area contributed by atoms with Crippen LogP contribution in [0.5, 0.6) is 11.5 Å². The lowest BCUT2D eigenvalue weighted by molar-refractivity contribution is -0.134. The molecule has 4 amide bonds. The SMILES string of the molecule is COc1ccc(CN2C(=O)N[C@@H](CCC(=O)N3CC4CC(C3)c3cccc(=O)n3C4)C2=O)cc1OC.